The third-order valence-electron chi connectivity index (χ3n) is 2.15. The Labute approximate surface area is 73.9 Å². The van der Waals surface area contributed by atoms with Crippen molar-refractivity contribution in [2.24, 2.45) is 5.73 Å². The van der Waals surface area contributed by atoms with Gasteiger partial charge >= 0.3 is 0 Å². The Morgan fingerprint density at radius 1 is 1.67 bits per heavy atom. The Balaban J connectivity index is 2.36. The minimum atomic E-state index is -0.00898. The number of rotatable bonds is 4. The molecular weight excluding hydrogens is 152 g/mol. The van der Waals surface area contributed by atoms with Crippen LogP contribution in [0.4, 0.5) is 0 Å². The average molecular weight is 170 g/mol. The Bertz CT molecular complexity index is 164. The molecule has 0 bridgehead atoms. The molecule has 0 aliphatic heterocycles. The van der Waals surface area contributed by atoms with Crippen molar-refractivity contribution in [1.29, 1.82) is 0 Å². The number of nitrogens with zero attached hydrogens (tertiary/aromatic N) is 1. The van der Waals surface area contributed by atoms with Crippen molar-refractivity contribution in [3.8, 4) is 0 Å². The molecule has 1 aliphatic carbocycles. The van der Waals surface area contributed by atoms with Crippen molar-refractivity contribution in [1.82, 2.24) is 4.90 Å². The lowest BCUT2D eigenvalue weighted by Gasteiger charge is -2.21. The molecular formula is C9H18N2O. The zero-order valence-corrected chi connectivity index (χ0v) is 7.92. The first-order chi connectivity index (χ1) is 5.65. The predicted molar refractivity (Wildman–Crippen MR) is 48.7 cm³/mol. The molecule has 0 aromatic carbocycles. The number of carbonyl (C=O) groups is 1. The molecule has 0 aromatic heterocycles. The molecule has 1 atom stereocenters. The molecule has 1 rings (SSSR count). The van der Waals surface area contributed by atoms with Gasteiger partial charge < -0.3 is 10.6 Å². The van der Waals surface area contributed by atoms with E-state index in [0.717, 1.165) is 6.54 Å². The molecule has 12 heavy (non-hydrogen) atoms. The van der Waals surface area contributed by atoms with Crippen LogP contribution in [-0.4, -0.2) is 29.4 Å². The van der Waals surface area contributed by atoms with E-state index in [9.17, 15) is 4.79 Å². The largest absolute Gasteiger partial charge is 0.340 e. The molecule has 1 unspecified atom stereocenters. The number of carbonyl (C=O) groups excluding carboxylic acids is 1. The zero-order chi connectivity index (χ0) is 9.14. The van der Waals surface area contributed by atoms with Gasteiger partial charge in [-0.15, -0.1) is 0 Å². The molecule has 3 heteroatoms. The van der Waals surface area contributed by atoms with Gasteiger partial charge in [0.25, 0.3) is 0 Å². The van der Waals surface area contributed by atoms with Gasteiger partial charge in [-0.3, -0.25) is 4.79 Å². The van der Waals surface area contributed by atoms with Crippen LogP contribution >= 0.6 is 0 Å². The van der Waals surface area contributed by atoms with Gasteiger partial charge in [-0.2, -0.15) is 0 Å². The van der Waals surface area contributed by atoms with Gasteiger partial charge in [0.1, 0.15) is 0 Å². The highest BCUT2D eigenvalue weighted by molar-refractivity contribution is 5.77. The van der Waals surface area contributed by atoms with Crippen molar-refractivity contribution in [2.45, 2.75) is 45.2 Å². The lowest BCUT2D eigenvalue weighted by molar-refractivity contribution is -0.131. The lowest BCUT2D eigenvalue weighted by atomic mass is 10.2. The van der Waals surface area contributed by atoms with Crippen LogP contribution in [0.3, 0.4) is 0 Å². The first-order valence-electron chi connectivity index (χ1n) is 4.70. The highest BCUT2D eigenvalue weighted by atomic mass is 16.2. The summed E-state index contributed by atoms with van der Waals surface area (Å²) in [5.74, 6) is 0.218. The Kier molecular flexibility index (Phi) is 3.09. The Morgan fingerprint density at radius 2 is 2.25 bits per heavy atom. The van der Waals surface area contributed by atoms with Gasteiger partial charge in [0.15, 0.2) is 0 Å². The fourth-order valence-corrected chi connectivity index (χ4v) is 1.42. The standard InChI is InChI=1S/C9H18N2O/c1-3-11(8-4-5-8)9(12)6-7(2)10/h7-8H,3-6,10H2,1-2H3. The summed E-state index contributed by atoms with van der Waals surface area (Å²) in [5.41, 5.74) is 5.56. The van der Waals surface area contributed by atoms with Crippen molar-refractivity contribution >= 4 is 5.91 Å². The van der Waals surface area contributed by atoms with E-state index in [1.165, 1.54) is 12.8 Å². The zero-order valence-electron chi connectivity index (χ0n) is 7.92. The van der Waals surface area contributed by atoms with E-state index in [1.54, 1.807) is 0 Å². The topological polar surface area (TPSA) is 46.3 Å². The number of nitrogens with two attached hydrogens (primary N) is 1. The molecule has 0 saturated heterocycles. The maximum Gasteiger partial charge on any atom is 0.224 e. The molecule has 0 radical (unpaired) electrons. The summed E-state index contributed by atoms with van der Waals surface area (Å²) in [6.07, 6.45) is 2.85. The second kappa shape index (κ2) is 3.90. The van der Waals surface area contributed by atoms with E-state index >= 15 is 0 Å². The minimum Gasteiger partial charge on any atom is -0.340 e. The molecule has 70 valence electrons. The average Bonchev–Trinajstić information content (AvgIpc) is 2.70. The van der Waals surface area contributed by atoms with E-state index in [-0.39, 0.29) is 11.9 Å². The summed E-state index contributed by atoms with van der Waals surface area (Å²) in [6.45, 7) is 4.73. The van der Waals surface area contributed by atoms with Crippen LogP contribution in [0.1, 0.15) is 33.1 Å². The Morgan fingerprint density at radius 3 is 2.58 bits per heavy atom. The molecule has 1 amide bonds. The van der Waals surface area contributed by atoms with Crippen molar-refractivity contribution in [2.75, 3.05) is 6.54 Å². The highest BCUT2D eigenvalue weighted by Gasteiger charge is 2.31. The normalized spacial score (nSPS) is 18.9. The fraction of sp³-hybridized carbons (Fsp3) is 0.889. The third-order valence-corrected chi connectivity index (χ3v) is 2.15. The molecule has 1 fully saturated rings. The summed E-state index contributed by atoms with van der Waals surface area (Å²) in [5, 5.41) is 0. The SMILES string of the molecule is CCN(C(=O)CC(C)N)C1CC1. The van der Waals surface area contributed by atoms with Gasteiger partial charge in [-0.05, 0) is 26.7 Å². The van der Waals surface area contributed by atoms with Crippen LogP contribution in [0.15, 0.2) is 0 Å². The quantitative estimate of drug-likeness (QED) is 0.676. The monoisotopic (exact) mass is 170 g/mol. The van der Waals surface area contributed by atoms with Crippen LogP contribution < -0.4 is 5.73 Å². The number of hydrogen-bond donors (Lipinski definition) is 1. The third kappa shape index (κ3) is 2.48. The van der Waals surface area contributed by atoms with Gasteiger partial charge in [-0.1, -0.05) is 0 Å². The van der Waals surface area contributed by atoms with E-state index in [0.29, 0.717) is 12.5 Å². The number of amides is 1. The van der Waals surface area contributed by atoms with E-state index in [1.807, 2.05) is 18.7 Å². The van der Waals surface area contributed by atoms with Gasteiger partial charge in [0.05, 0.1) is 0 Å². The molecule has 0 aromatic rings. The van der Waals surface area contributed by atoms with Crippen LogP contribution in [-0.2, 0) is 4.79 Å². The summed E-state index contributed by atoms with van der Waals surface area (Å²) in [6, 6.07) is 0.520. The minimum absolute atomic E-state index is 0.00898. The summed E-state index contributed by atoms with van der Waals surface area (Å²) in [4.78, 5) is 13.5. The summed E-state index contributed by atoms with van der Waals surface area (Å²) < 4.78 is 0. The van der Waals surface area contributed by atoms with Crippen molar-refractivity contribution < 1.29 is 4.79 Å². The van der Waals surface area contributed by atoms with Crippen molar-refractivity contribution in [3.05, 3.63) is 0 Å². The number of hydrogen-bond acceptors (Lipinski definition) is 2. The maximum atomic E-state index is 11.5. The predicted octanol–water partition coefficient (Wildman–Crippen LogP) is 0.735. The highest BCUT2D eigenvalue weighted by Crippen LogP contribution is 2.26. The van der Waals surface area contributed by atoms with Gasteiger partial charge in [0.2, 0.25) is 5.91 Å². The first kappa shape index (κ1) is 9.52. The summed E-state index contributed by atoms with van der Waals surface area (Å²) >= 11 is 0. The van der Waals surface area contributed by atoms with E-state index in [4.69, 9.17) is 5.73 Å². The smallest absolute Gasteiger partial charge is 0.224 e. The second-order valence-corrected chi connectivity index (χ2v) is 3.59. The molecule has 0 spiro atoms. The maximum absolute atomic E-state index is 11.5. The molecule has 1 saturated carbocycles. The molecule has 3 nitrogen and oxygen atoms in total. The van der Waals surface area contributed by atoms with Gasteiger partial charge in [0, 0.05) is 25.0 Å². The van der Waals surface area contributed by atoms with Crippen LogP contribution in [0.25, 0.3) is 0 Å². The lowest BCUT2D eigenvalue weighted by Crippen LogP contribution is -2.36. The van der Waals surface area contributed by atoms with Gasteiger partial charge in [-0.25, -0.2) is 0 Å². The fourth-order valence-electron chi connectivity index (χ4n) is 1.42. The first-order valence-corrected chi connectivity index (χ1v) is 4.70. The van der Waals surface area contributed by atoms with Crippen LogP contribution in [0.2, 0.25) is 0 Å². The van der Waals surface area contributed by atoms with Crippen molar-refractivity contribution in [3.63, 3.8) is 0 Å². The molecule has 0 heterocycles. The molecule has 1 aliphatic rings. The second-order valence-electron chi connectivity index (χ2n) is 3.59. The van der Waals surface area contributed by atoms with Crippen LogP contribution in [0.5, 0.6) is 0 Å². The Hall–Kier alpha value is -0.570. The van der Waals surface area contributed by atoms with E-state index in [2.05, 4.69) is 0 Å². The van der Waals surface area contributed by atoms with Crippen LogP contribution in [0, 0.1) is 0 Å². The van der Waals surface area contributed by atoms with E-state index < -0.39 is 0 Å². The molecule has 2 N–H and O–H groups in total. The summed E-state index contributed by atoms with van der Waals surface area (Å²) in [7, 11) is 0.